The number of rotatable bonds is 5. The molecule has 4 heterocycles. The minimum atomic E-state index is -0.523. The van der Waals surface area contributed by atoms with E-state index >= 15 is 0 Å². The molecule has 10 heteroatoms. The number of hydrogen-bond donors (Lipinski definition) is 0. The highest BCUT2D eigenvalue weighted by molar-refractivity contribution is 8.00. The van der Waals surface area contributed by atoms with Gasteiger partial charge in [-0.15, -0.1) is 11.3 Å². The van der Waals surface area contributed by atoms with Crippen molar-refractivity contribution in [1.82, 2.24) is 14.6 Å². The Morgan fingerprint density at radius 3 is 2.79 bits per heavy atom. The fraction of sp³-hybridized carbons (Fsp3) is 0.217. The molecule has 7 nitrogen and oxygen atoms in total. The summed E-state index contributed by atoms with van der Waals surface area (Å²) in [5.74, 6) is 0.475. The topological polar surface area (TPSA) is 80.7 Å². The summed E-state index contributed by atoms with van der Waals surface area (Å²) in [5, 5.41) is 8.60. The average Bonchev–Trinajstić information content (AvgIpc) is 3.57. The zero-order chi connectivity index (χ0) is 23.1. The average molecular weight is 499 g/mol. The highest BCUT2D eigenvalue weighted by atomic mass is 35.5. The number of benzene rings is 1. The van der Waals surface area contributed by atoms with Crippen LogP contribution in [0.2, 0.25) is 5.02 Å². The largest absolute Gasteiger partial charge is 0.467 e. The first kappa shape index (κ1) is 21.9. The number of fused-ring (bicyclic) bond motifs is 1. The third-order valence-corrected chi connectivity index (χ3v) is 7.74. The van der Waals surface area contributed by atoms with E-state index in [2.05, 4.69) is 10.1 Å². The number of carbonyl (C=O) groups excluding carboxylic acids is 1. The van der Waals surface area contributed by atoms with Gasteiger partial charge in [0.1, 0.15) is 16.5 Å². The lowest BCUT2D eigenvalue weighted by molar-refractivity contribution is -0.132. The zero-order valence-electron chi connectivity index (χ0n) is 17.8. The normalized spacial score (nSPS) is 16.9. The molecule has 1 aliphatic heterocycles. The molecule has 0 N–H and O–H groups in total. The van der Waals surface area contributed by atoms with Crippen molar-refractivity contribution in [2.45, 2.75) is 29.8 Å². The van der Waals surface area contributed by atoms with E-state index < -0.39 is 5.25 Å². The molecule has 0 saturated heterocycles. The van der Waals surface area contributed by atoms with Gasteiger partial charge in [0.25, 0.3) is 11.5 Å². The van der Waals surface area contributed by atoms with Gasteiger partial charge in [-0.3, -0.25) is 14.2 Å². The van der Waals surface area contributed by atoms with Crippen molar-refractivity contribution >= 4 is 56.5 Å². The van der Waals surface area contributed by atoms with Crippen LogP contribution in [0.25, 0.3) is 10.2 Å². The van der Waals surface area contributed by atoms with Crippen LogP contribution in [0.1, 0.15) is 30.7 Å². The summed E-state index contributed by atoms with van der Waals surface area (Å²) in [4.78, 5) is 30.7. The van der Waals surface area contributed by atoms with E-state index in [4.69, 9.17) is 16.0 Å². The molecule has 1 aliphatic rings. The van der Waals surface area contributed by atoms with Gasteiger partial charge in [-0.05, 0) is 48.2 Å². The smallest absolute Gasteiger partial charge is 0.271 e. The lowest BCUT2D eigenvalue weighted by atomic mass is 10.0. The second kappa shape index (κ2) is 8.81. The molecule has 0 bridgehead atoms. The Kier molecular flexibility index (Phi) is 5.86. The molecular formula is C23H19ClN4O3S2. The number of aromatic nitrogens is 2. The number of nitrogens with zero attached hydrogens (tertiary/aromatic N) is 4. The van der Waals surface area contributed by atoms with Crippen molar-refractivity contribution in [3.63, 3.8) is 0 Å². The summed E-state index contributed by atoms with van der Waals surface area (Å²) in [6.07, 6.45) is 2.11. The van der Waals surface area contributed by atoms with Crippen LogP contribution in [0.3, 0.4) is 0 Å². The van der Waals surface area contributed by atoms with Crippen molar-refractivity contribution in [3.8, 4) is 0 Å². The Labute approximate surface area is 202 Å². The molecule has 1 aromatic carbocycles. The van der Waals surface area contributed by atoms with Gasteiger partial charge in [0.15, 0.2) is 5.16 Å². The van der Waals surface area contributed by atoms with Crippen LogP contribution in [0, 0.1) is 0 Å². The second-order valence-electron chi connectivity index (χ2n) is 7.63. The van der Waals surface area contributed by atoms with E-state index in [0.29, 0.717) is 32.6 Å². The van der Waals surface area contributed by atoms with E-state index in [1.165, 1.54) is 32.7 Å². The van der Waals surface area contributed by atoms with Crippen molar-refractivity contribution < 1.29 is 9.21 Å². The van der Waals surface area contributed by atoms with E-state index in [1.807, 2.05) is 29.6 Å². The van der Waals surface area contributed by atoms with Crippen LogP contribution < -0.4 is 5.56 Å². The van der Waals surface area contributed by atoms with E-state index in [-0.39, 0.29) is 17.5 Å². The van der Waals surface area contributed by atoms with Crippen LogP contribution in [0.15, 0.2) is 73.6 Å². The first-order chi connectivity index (χ1) is 15.9. The minimum Gasteiger partial charge on any atom is -0.467 e. The number of hydrogen-bond acceptors (Lipinski definition) is 7. The first-order valence-corrected chi connectivity index (χ1v) is 12.4. The number of hydrazone groups is 1. The number of halogens is 1. The summed E-state index contributed by atoms with van der Waals surface area (Å²) in [6, 6.07) is 12.5. The Bertz CT molecular complexity index is 1410. The molecule has 0 spiro atoms. The first-order valence-electron chi connectivity index (χ1n) is 10.2. The summed E-state index contributed by atoms with van der Waals surface area (Å²) < 4.78 is 7.72. The molecule has 0 saturated carbocycles. The van der Waals surface area contributed by atoms with Crippen molar-refractivity contribution in [3.05, 3.63) is 80.8 Å². The molecule has 33 heavy (non-hydrogen) atoms. The van der Waals surface area contributed by atoms with Crippen LogP contribution in [-0.2, 0) is 11.8 Å². The van der Waals surface area contributed by atoms with Gasteiger partial charge in [0, 0.05) is 18.5 Å². The second-order valence-corrected chi connectivity index (χ2v) is 10.3. The third-order valence-electron chi connectivity index (χ3n) is 5.46. The number of furan rings is 1. The predicted octanol–water partition coefficient (Wildman–Crippen LogP) is 5.10. The van der Waals surface area contributed by atoms with Gasteiger partial charge in [-0.2, -0.15) is 5.10 Å². The van der Waals surface area contributed by atoms with Crippen molar-refractivity contribution in [1.29, 1.82) is 0 Å². The Hall–Kier alpha value is -2.88. The van der Waals surface area contributed by atoms with Gasteiger partial charge >= 0.3 is 0 Å². The molecule has 0 radical (unpaired) electrons. The molecule has 168 valence electrons. The highest BCUT2D eigenvalue weighted by Crippen LogP contribution is 2.35. The number of amides is 1. The lowest BCUT2D eigenvalue weighted by Gasteiger charge is -2.23. The lowest BCUT2D eigenvalue weighted by Crippen LogP contribution is -2.33. The summed E-state index contributed by atoms with van der Waals surface area (Å²) in [6.45, 7) is 1.80. The zero-order valence-corrected chi connectivity index (χ0v) is 20.2. The summed E-state index contributed by atoms with van der Waals surface area (Å²) in [5.41, 5.74) is 2.21. The molecule has 2 unspecified atom stereocenters. The Balaban J connectivity index is 1.45. The number of thiophene rings is 1. The van der Waals surface area contributed by atoms with Gasteiger partial charge in [-0.25, -0.2) is 9.99 Å². The minimum absolute atomic E-state index is 0.116. The monoisotopic (exact) mass is 498 g/mol. The van der Waals surface area contributed by atoms with E-state index in [1.54, 1.807) is 38.4 Å². The molecule has 2 atom stereocenters. The molecule has 0 aliphatic carbocycles. The maximum atomic E-state index is 13.5. The van der Waals surface area contributed by atoms with Gasteiger partial charge < -0.3 is 4.42 Å². The van der Waals surface area contributed by atoms with Crippen molar-refractivity contribution in [2.75, 3.05) is 0 Å². The third kappa shape index (κ3) is 4.12. The summed E-state index contributed by atoms with van der Waals surface area (Å²) >= 11 is 8.63. The molecular weight excluding hydrogens is 480 g/mol. The molecule has 4 aromatic rings. The molecule has 1 amide bonds. The predicted molar refractivity (Wildman–Crippen MR) is 131 cm³/mol. The van der Waals surface area contributed by atoms with Crippen LogP contribution in [0.4, 0.5) is 0 Å². The van der Waals surface area contributed by atoms with E-state index in [0.717, 1.165) is 11.3 Å². The van der Waals surface area contributed by atoms with Crippen LogP contribution >= 0.6 is 34.7 Å². The Morgan fingerprint density at radius 2 is 2.06 bits per heavy atom. The van der Waals surface area contributed by atoms with Crippen LogP contribution in [-0.4, -0.2) is 31.4 Å². The maximum Gasteiger partial charge on any atom is 0.271 e. The van der Waals surface area contributed by atoms with Gasteiger partial charge in [0.05, 0.1) is 22.7 Å². The SMILES string of the molecule is CC(Sc1nc2ccsc2c(=O)n1C)C(=O)N1N=C(c2ccc(Cl)cc2)CC1c1ccco1. The van der Waals surface area contributed by atoms with Gasteiger partial charge in [-0.1, -0.05) is 35.5 Å². The Morgan fingerprint density at radius 1 is 1.27 bits per heavy atom. The fourth-order valence-corrected chi connectivity index (χ4v) is 5.55. The van der Waals surface area contributed by atoms with E-state index in [9.17, 15) is 9.59 Å². The molecule has 3 aromatic heterocycles. The van der Waals surface area contributed by atoms with Gasteiger partial charge in [0.2, 0.25) is 0 Å². The summed E-state index contributed by atoms with van der Waals surface area (Å²) in [7, 11) is 1.67. The number of thioether (sulfide) groups is 1. The molecule has 0 fully saturated rings. The number of carbonyl (C=O) groups is 1. The highest BCUT2D eigenvalue weighted by Gasteiger charge is 2.37. The molecule has 5 rings (SSSR count). The quantitative estimate of drug-likeness (QED) is 0.282. The van der Waals surface area contributed by atoms with Crippen molar-refractivity contribution in [2.24, 2.45) is 12.1 Å². The standard InChI is InChI=1S/C23H19ClN4O3S2/c1-13(33-23-25-16-9-11-32-20(16)22(30)27(23)2)21(29)28-18(19-4-3-10-31-19)12-17(26-28)14-5-7-15(24)8-6-14/h3-11,13,18H,12H2,1-2H3. The fourth-order valence-electron chi connectivity index (χ4n) is 3.70. The maximum absolute atomic E-state index is 13.5. The van der Waals surface area contributed by atoms with Crippen LogP contribution in [0.5, 0.6) is 0 Å².